The number of carbonyl (C=O) groups is 2. The Labute approximate surface area is 203 Å². The lowest BCUT2D eigenvalue weighted by Gasteiger charge is -2.16. The molecule has 0 atom stereocenters. The van der Waals surface area contributed by atoms with E-state index < -0.39 is 17.7 Å². The number of alkyl halides is 3. The molecule has 2 N–H and O–H groups in total. The van der Waals surface area contributed by atoms with Gasteiger partial charge in [-0.25, -0.2) is 4.99 Å². The summed E-state index contributed by atoms with van der Waals surface area (Å²) in [6.45, 7) is 8.55. The predicted molar refractivity (Wildman–Crippen MR) is 131 cm³/mol. The molecule has 10 heteroatoms. The third kappa shape index (κ3) is 10.4. The van der Waals surface area contributed by atoms with Crippen LogP contribution in [0.3, 0.4) is 0 Å². The van der Waals surface area contributed by atoms with E-state index in [-0.39, 0.29) is 18.9 Å². The molecule has 0 aliphatic heterocycles. The highest BCUT2D eigenvalue weighted by Crippen LogP contribution is 2.26. The van der Waals surface area contributed by atoms with Gasteiger partial charge < -0.3 is 15.3 Å². The molecule has 0 saturated heterocycles. The van der Waals surface area contributed by atoms with Crippen molar-refractivity contribution in [1.29, 1.82) is 0 Å². The second-order valence-electron chi connectivity index (χ2n) is 7.63. The van der Waals surface area contributed by atoms with E-state index in [2.05, 4.69) is 21.9 Å². The van der Waals surface area contributed by atoms with Crippen molar-refractivity contribution in [3.8, 4) is 0 Å². The van der Waals surface area contributed by atoms with Gasteiger partial charge in [0.05, 0.1) is 23.9 Å². The minimum atomic E-state index is -4.50. The van der Waals surface area contributed by atoms with Gasteiger partial charge >= 0.3 is 12.1 Å². The van der Waals surface area contributed by atoms with Crippen LogP contribution in [0.25, 0.3) is 0 Å². The summed E-state index contributed by atoms with van der Waals surface area (Å²) in [5.74, 6) is -1.02. The summed E-state index contributed by atoms with van der Waals surface area (Å²) in [6.07, 6.45) is -0.0429. The summed E-state index contributed by atoms with van der Waals surface area (Å²) in [4.78, 5) is 32.8. The monoisotopic (exact) mass is 492 g/mol. The number of halogens is 3. The normalized spacial score (nSPS) is 13.5. The third-order valence-electron chi connectivity index (χ3n) is 4.73. The first kappa shape index (κ1) is 29.3. The highest BCUT2D eigenvalue weighted by Gasteiger charge is 2.31. The van der Waals surface area contributed by atoms with Crippen molar-refractivity contribution < 1.29 is 27.9 Å². The number of carboxylic acid groups (broad SMARTS) is 1. The first-order chi connectivity index (χ1) is 16.4. The minimum Gasteiger partial charge on any atom is -0.481 e. The molecule has 0 heterocycles. The molecule has 0 unspecified atom stereocenters. The topological polar surface area (TPSA) is 94.4 Å². The zero-order chi connectivity index (χ0) is 26.6. The van der Waals surface area contributed by atoms with Gasteiger partial charge in [0.1, 0.15) is 5.84 Å². The maximum Gasteiger partial charge on any atom is 0.417 e. The third-order valence-corrected chi connectivity index (χ3v) is 4.73. The number of allylic oxidation sites excluding steroid dienone is 3. The number of benzene rings is 1. The van der Waals surface area contributed by atoms with Crippen molar-refractivity contribution >= 4 is 23.4 Å². The number of nitrogens with zero attached hydrogens (tertiary/aromatic N) is 3. The van der Waals surface area contributed by atoms with Gasteiger partial charge in [-0.2, -0.15) is 13.2 Å². The fourth-order valence-corrected chi connectivity index (χ4v) is 2.76. The van der Waals surface area contributed by atoms with E-state index in [0.717, 1.165) is 30.0 Å². The molecule has 0 spiro atoms. The molecular weight excluding hydrogens is 461 g/mol. The van der Waals surface area contributed by atoms with Crippen LogP contribution in [0.4, 0.5) is 13.2 Å². The maximum absolute atomic E-state index is 12.9. The van der Waals surface area contributed by atoms with Gasteiger partial charge in [-0.15, -0.1) is 0 Å². The van der Waals surface area contributed by atoms with Crippen LogP contribution in [-0.2, 0) is 4.79 Å². The van der Waals surface area contributed by atoms with Gasteiger partial charge in [0, 0.05) is 31.1 Å². The zero-order valence-electron chi connectivity index (χ0n) is 20.3. The zero-order valence-corrected chi connectivity index (χ0v) is 20.3. The first-order valence-corrected chi connectivity index (χ1v) is 10.9. The van der Waals surface area contributed by atoms with Crippen molar-refractivity contribution in [2.45, 2.75) is 46.2 Å². The second kappa shape index (κ2) is 13.9. The predicted octanol–water partition coefficient (Wildman–Crippen LogP) is 5.32. The van der Waals surface area contributed by atoms with E-state index in [9.17, 15) is 22.8 Å². The molecule has 0 aliphatic carbocycles. The van der Waals surface area contributed by atoms with Crippen molar-refractivity contribution in [2.75, 3.05) is 13.6 Å². The van der Waals surface area contributed by atoms with Crippen LogP contribution in [0.2, 0.25) is 0 Å². The average Bonchev–Trinajstić information content (AvgIpc) is 2.79. The summed E-state index contributed by atoms with van der Waals surface area (Å²) < 4.78 is 38.7. The lowest BCUT2D eigenvalue weighted by atomic mass is 10.0. The summed E-state index contributed by atoms with van der Waals surface area (Å²) in [6, 6.07) is 6.79. The van der Waals surface area contributed by atoms with Crippen LogP contribution in [0, 0.1) is 0 Å². The van der Waals surface area contributed by atoms with Crippen molar-refractivity contribution in [1.82, 2.24) is 10.2 Å². The van der Waals surface area contributed by atoms with Gasteiger partial charge in [-0.3, -0.25) is 14.6 Å². The van der Waals surface area contributed by atoms with Crippen LogP contribution in [0.5, 0.6) is 0 Å². The molecule has 0 bridgehead atoms. The summed E-state index contributed by atoms with van der Waals surface area (Å²) in [5.41, 5.74) is 1.66. The number of carboxylic acids is 1. The number of aliphatic carboxylic acids is 1. The molecule has 0 radical (unpaired) electrons. The number of carbonyl (C=O) groups excluding carboxylic acids is 1. The quantitative estimate of drug-likeness (QED) is 0.248. The molecule has 0 saturated carbocycles. The van der Waals surface area contributed by atoms with E-state index in [1.165, 1.54) is 18.1 Å². The molecule has 35 heavy (non-hydrogen) atoms. The lowest BCUT2D eigenvalue weighted by Crippen LogP contribution is -2.25. The SMILES string of the molecule is C=CC(=CN(C)C(C)=N/C=C(\C)N=C(CCC)c1ccc(C(=O)NCCC(=O)O)cc1)C(F)(F)F. The second-order valence-corrected chi connectivity index (χ2v) is 7.63. The fraction of sp³-hybridized carbons (Fsp3) is 0.360. The van der Waals surface area contributed by atoms with E-state index in [0.29, 0.717) is 23.5 Å². The summed E-state index contributed by atoms with van der Waals surface area (Å²) in [5, 5.41) is 11.2. The number of hydrogen-bond donors (Lipinski definition) is 2. The Morgan fingerprint density at radius 3 is 2.26 bits per heavy atom. The maximum atomic E-state index is 12.9. The van der Waals surface area contributed by atoms with Crippen LogP contribution < -0.4 is 5.32 Å². The Balaban J connectivity index is 3.04. The average molecular weight is 493 g/mol. The van der Waals surface area contributed by atoms with Crippen molar-refractivity contribution in [3.05, 3.63) is 71.7 Å². The smallest absolute Gasteiger partial charge is 0.417 e. The van der Waals surface area contributed by atoms with Gasteiger partial charge in [0.25, 0.3) is 5.91 Å². The Bertz CT molecular complexity index is 1020. The van der Waals surface area contributed by atoms with Gasteiger partial charge in [0.2, 0.25) is 0 Å². The van der Waals surface area contributed by atoms with Crippen LogP contribution in [0.15, 0.2) is 70.6 Å². The number of rotatable bonds is 11. The fourth-order valence-electron chi connectivity index (χ4n) is 2.76. The highest BCUT2D eigenvalue weighted by molar-refractivity contribution is 6.02. The van der Waals surface area contributed by atoms with Crippen LogP contribution >= 0.6 is 0 Å². The molecule has 1 amide bonds. The van der Waals surface area contributed by atoms with E-state index in [1.54, 1.807) is 38.1 Å². The molecule has 0 aliphatic rings. The Morgan fingerprint density at radius 1 is 1.14 bits per heavy atom. The number of nitrogens with one attached hydrogen (secondary N) is 1. The van der Waals surface area contributed by atoms with Crippen LogP contribution in [0.1, 0.15) is 56.0 Å². The molecule has 190 valence electrons. The number of amides is 1. The molecule has 1 aromatic rings. The number of amidine groups is 1. The largest absolute Gasteiger partial charge is 0.481 e. The van der Waals surface area contributed by atoms with E-state index in [4.69, 9.17) is 5.11 Å². The first-order valence-electron chi connectivity index (χ1n) is 10.9. The van der Waals surface area contributed by atoms with Crippen LogP contribution in [-0.4, -0.2) is 53.2 Å². The minimum absolute atomic E-state index is 0.0402. The van der Waals surface area contributed by atoms with Gasteiger partial charge in [0.15, 0.2) is 0 Å². The molecule has 0 aromatic heterocycles. The Kier molecular flexibility index (Phi) is 11.6. The van der Waals surface area contributed by atoms with Gasteiger partial charge in [-0.05, 0) is 38.0 Å². The molecule has 0 fully saturated rings. The Hall–Kier alpha value is -3.69. The number of aliphatic imine (C=N–C) groups is 2. The van der Waals surface area contributed by atoms with E-state index in [1.807, 2.05) is 6.92 Å². The lowest BCUT2D eigenvalue weighted by molar-refractivity contribution is -0.136. The molecule has 1 aromatic carbocycles. The summed E-state index contributed by atoms with van der Waals surface area (Å²) in [7, 11) is 1.46. The molecule has 1 rings (SSSR count). The highest BCUT2D eigenvalue weighted by atomic mass is 19.4. The van der Waals surface area contributed by atoms with Crippen molar-refractivity contribution in [2.24, 2.45) is 9.98 Å². The Morgan fingerprint density at radius 2 is 1.74 bits per heavy atom. The van der Waals surface area contributed by atoms with Crippen molar-refractivity contribution in [3.63, 3.8) is 0 Å². The standard InChI is InChI=1S/C25H31F3N4O3/c1-6-8-22(19-9-11-20(12-10-19)24(35)29-14-13-23(33)34)31-17(3)15-30-18(4)32(5)16-21(7-2)25(26,27)28/h7,9-12,15-16H,2,6,8,13-14H2,1,3-5H3,(H,29,35)(H,33,34)/b17-15+,21-16?,30-18?,31-22?. The number of hydrogen-bond acceptors (Lipinski definition) is 4. The van der Waals surface area contributed by atoms with E-state index >= 15 is 0 Å². The molecular formula is C25H31F3N4O3. The summed E-state index contributed by atoms with van der Waals surface area (Å²) >= 11 is 0. The molecule has 7 nitrogen and oxygen atoms in total. The van der Waals surface area contributed by atoms with Gasteiger partial charge in [-0.1, -0.05) is 38.1 Å².